The number of likely N-dealkylation sites (N-methyl/N-ethyl adjacent to an activating group) is 1. The highest BCUT2D eigenvalue weighted by Crippen LogP contribution is 2.77. The molecule has 0 amide bonds. The predicted molar refractivity (Wildman–Crippen MR) is 119 cm³/mol. The first-order chi connectivity index (χ1) is 14.8. The van der Waals surface area contributed by atoms with E-state index in [1.165, 1.54) is 11.1 Å². The van der Waals surface area contributed by atoms with Crippen molar-refractivity contribution in [2.24, 2.45) is 11.3 Å². The molecule has 1 saturated heterocycles. The van der Waals surface area contributed by atoms with Crippen LogP contribution in [0.25, 0.3) is 0 Å². The molecule has 170 valence electrons. The molecule has 2 spiro atoms. The number of ether oxygens (including phenoxy) is 3. The molecule has 1 aromatic rings. The maximum atomic E-state index is 11.8. The third kappa shape index (κ3) is 2.06. The lowest BCUT2D eigenvalue weighted by Crippen LogP contribution is -2.82. The molecule has 2 heterocycles. The minimum Gasteiger partial charge on any atom is -0.493 e. The molecule has 0 radical (unpaired) electrons. The molecule has 7 rings (SSSR count). The van der Waals surface area contributed by atoms with Crippen LogP contribution in [-0.2, 0) is 16.6 Å². The third-order valence-electron chi connectivity index (χ3n) is 10.3. The lowest BCUT2D eigenvalue weighted by atomic mass is 9.33. The molecule has 3 saturated carbocycles. The van der Waals surface area contributed by atoms with Crippen molar-refractivity contribution in [3.05, 3.63) is 23.3 Å². The van der Waals surface area contributed by atoms with Gasteiger partial charge in [-0.2, -0.15) is 0 Å². The highest BCUT2D eigenvalue weighted by Gasteiger charge is 2.81. The van der Waals surface area contributed by atoms with Crippen molar-refractivity contribution in [3.8, 4) is 11.5 Å². The van der Waals surface area contributed by atoms with Gasteiger partial charge in [-0.3, -0.25) is 0 Å². The molecule has 5 nitrogen and oxygen atoms in total. The van der Waals surface area contributed by atoms with Crippen LogP contribution in [0.4, 0.5) is 0 Å². The predicted octanol–water partition coefficient (Wildman–Crippen LogP) is 3.69. The van der Waals surface area contributed by atoms with Gasteiger partial charge in [-0.15, -0.1) is 0 Å². The van der Waals surface area contributed by atoms with Crippen LogP contribution in [0.15, 0.2) is 12.1 Å². The normalized spacial score (nSPS) is 43.9. The Morgan fingerprint density at radius 3 is 2.77 bits per heavy atom. The van der Waals surface area contributed by atoms with Gasteiger partial charge in [0.1, 0.15) is 11.7 Å². The van der Waals surface area contributed by atoms with Gasteiger partial charge < -0.3 is 24.2 Å². The van der Waals surface area contributed by atoms with Gasteiger partial charge in [-0.1, -0.05) is 19.4 Å². The summed E-state index contributed by atoms with van der Waals surface area (Å²) in [6.45, 7) is 5.29. The second-order valence-electron chi connectivity index (χ2n) is 11.2. The van der Waals surface area contributed by atoms with Gasteiger partial charge >= 0.3 is 0 Å². The fourth-order valence-corrected chi connectivity index (χ4v) is 9.24. The first-order valence-electron chi connectivity index (χ1n) is 12.2. The van der Waals surface area contributed by atoms with E-state index >= 15 is 0 Å². The molecule has 7 atom stereocenters. The molecule has 1 aromatic carbocycles. The van der Waals surface area contributed by atoms with Crippen LogP contribution in [0.2, 0.25) is 0 Å². The number of methoxy groups -OCH3 is 2. The number of aliphatic hydroxyl groups is 1. The van der Waals surface area contributed by atoms with E-state index in [-0.39, 0.29) is 22.9 Å². The molecule has 1 unspecified atom stereocenters. The maximum absolute atomic E-state index is 11.8. The van der Waals surface area contributed by atoms with Gasteiger partial charge in [0.15, 0.2) is 11.5 Å². The van der Waals surface area contributed by atoms with Crippen molar-refractivity contribution >= 4 is 0 Å². The Morgan fingerprint density at radius 1 is 1.26 bits per heavy atom. The summed E-state index contributed by atoms with van der Waals surface area (Å²) >= 11 is 0. The summed E-state index contributed by atoms with van der Waals surface area (Å²) in [4.78, 5) is 2.60. The molecule has 5 heteroatoms. The van der Waals surface area contributed by atoms with Crippen LogP contribution in [0, 0.1) is 11.3 Å². The summed E-state index contributed by atoms with van der Waals surface area (Å²) in [5.41, 5.74) is 1.66. The highest BCUT2D eigenvalue weighted by atomic mass is 16.6. The zero-order valence-electron chi connectivity index (χ0n) is 19.7. The first-order valence-corrected chi connectivity index (χ1v) is 12.2. The molecular weight excluding hydrogens is 390 g/mol. The summed E-state index contributed by atoms with van der Waals surface area (Å²) in [6, 6.07) is 4.84. The summed E-state index contributed by atoms with van der Waals surface area (Å²) in [5, 5.41) is 11.8. The minimum atomic E-state index is -0.769. The minimum absolute atomic E-state index is 0.0469. The van der Waals surface area contributed by atoms with Gasteiger partial charge in [0, 0.05) is 35.5 Å². The standard InChI is InChI=1S/C26H37NO4/c1-6-9-23(2,28)18-15-24-10-11-26(18,30-5)22-25(24)12-13-27(3)19(24)14-16-7-8-17(29-4)21(31-22)20(16)25/h7-8,18-19,22,28H,6,9-15H2,1-5H3/t18-,19-,22-,23?,24-,25+,26-/m1/s1. The van der Waals surface area contributed by atoms with Gasteiger partial charge in [0.25, 0.3) is 0 Å². The molecule has 1 N–H and O–H groups in total. The van der Waals surface area contributed by atoms with Gasteiger partial charge in [-0.05, 0) is 70.7 Å². The third-order valence-corrected chi connectivity index (χ3v) is 10.3. The summed E-state index contributed by atoms with van der Waals surface area (Å²) in [6.07, 6.45) is 6.95. The number of fused-ring (bicyclic) bond motifs is 2. The fraction of sp³-hybridized carbons (Fsp3) is 0.769. The average Bonchev–Trinajstić information content (AvgIpc) is 3.13. The molecule has 0 aromatic heterocycles. The summed E-state index contributed by atoms with van der Waals surface area (Å²) in [5.74, 6) is 1.86. The van der Waals surface area contributed by atoms with Crippen LogP contribution in [0.5, 0.6) is 11.5 Å². The second-order valence-corrected chi connectivity index (χ2v) is 11.2. The average molecular weight is 428 g/mol. The van der Waals surface area contributed by atoms with Crippen molar-refractivity contribution in [1.82, 2.24) is 4.90 Å². The van der Waals surface area contributed by atoms with Crippen LogP contribution >= 0.6 is 0 Å². The Kier molecular flexibility index (Phi) is 4.05. The van der Waals surface area contributed by atoms with E-state index in [2.05, 4.69) is 31.0 Å². The molecule has 4 bridgehead atoms. The number of benzene rings is 1. The Balaban J connectivity index is 1.64. The fourth-order valence-electron chi connectivity index (χ4n) is 9.24. The van der Waals surface area contributed by atoms with E-state index in [1.807, 2.05) is 14.0 Å². The molecule has 4 fully saturated rings. The quantitative estimate of drug-likeness (QED) is 0.777. The number of piperidine rings is 1. The lowest BCUT2D eigenvalue weighted by molar-refractivity contribution is -0.301. The van der Waals surface area contributed by atoms with Crippen molar-refractivity contribution in [3.63, 3.8) is 0 Å². The zero-order chi connectivity index (χ0) is 21.8. The summed E-state index contributed by atoms with van der Waals surface area (Å²) in [7, 11) is 5.90. The number of hydrogen-bond donors (Lipinski definition) is 1. The number of rotatable bonds is 5. The number of likely N-dealkylation sites (tertiary alicyclic amines) is 1. The Bertz CT molecular complexity index is 930. The van der Waals surface area contributed by atoms with E-state index < -0.39 is 11.2 Å². The van der Waals surface area contributed by atoms with Crippen molar-refractivity contribution in [1.29, 1.82) is 0 Å². The van der Waals surface area contributed by atoms with Crippen molar-refractivity contribution in [2.45, 2.75) is 87.6 Å². The van der Waals surface area contributed by atoms with E-state index in [9.17, 15) is 5.11 Å². The highest BCUT2D eigenvalue weighted by molar-refractivity contribution is 5.63. The number of nitrogens with zero attached hydrogens (tertiary/aromatic N) is 1. The monoisotopic (exact) mass is 427 g/mol. The molecule has 31 heavy (non-hydrogen) atoms. The molecule has 4 aliphatic carbocycles. The Morgan fingerprint density at radius 2 is 2.06 bits per heavy atom. The van der Waals surface area contributed by atoms with Crippen molar-refractivity contribution < 1.29 is 19.3 Å². The van der Waals surface area contributed by atoms with Gasteiger partial charge in [0.2, 0.25) is 0 Å². The lowest BCUT2D eigenvalue weighted by Gasteiger charge is -2.74. The van der Waals surface area contributed by atoms with Gasteiger partial charge in [0.05, 0.1) is 12.7 Å². The van der Waals surface area contributed by atoms with Crippen molar-refractivity contribution in [2.75, 3.05) is 27.8 Å². The van der Waals surface area contributed by atoms with E-state index in [0.717, 1.165) is 63.0 Å². The van der Waals surface area contributed by atoms with Gasteiger partial charge in [-0.25, -0.2) is 0 Å². The van der Waals surface area contributed by atoms with E-state index in [0.29, 0.717) is 6.04 Å². The molecule has 6 aliphatic rings. The zero-order valence-corrected chi connectivity index (χ0v) is 19.7. The number of hydrogen-bond acceptors (Lipinski definition) is 5. The Labute approximate surface area is 186 Å². The van der Waals surface area contributed by atoms with Crippen LogP contribution in [-0.4, -0.2) is 61.2 Å². The summed E-state index contributed by atoms with van der Waals surface area (Å²) < 4.78 is 19.3. The van der Waals surface area contributed by atoms with Crippen LogP contribution in [0.1, 0.15) is 63.5 Å². The Hall–Kier alpha value is -1.30. The SMILES string of the molecule is CCCC(C)(O)[C@H]1C[C@@]23CC[C@]1(OC)[C@@H]1Oc4c(OC)ccc5c4[C@@]12CCN(C)[C@@H]3C5. The first kappa shape index (κ1) is 20.3. The molecular formula is C26H37NO4. The topological polar surface area (TPSA) is 51.2 Å². The van der Waals surface area contributed by atoms with E-state index in [1.54, 1.807) is 7.11 Å². The second kappa shape index (κ2) is 6.18. The molecule has 2 aliphatic heterocycles. The van der Waals surface area contributed by atoms with Crippen LogP contribution in [0.3, 0.4) is 0 Å². The smallest absolute Gasteiger partial charge is 0.165 e. The van der Waals surface area contributed by atoms with Crippen LogP contribution < -0.4 is 9.47 Å². The maximum Gasteiger partial charge on any atom is 0.165 e. The largest absolute Gasteiger partial charge is 0.493 e. The van der Waals surface area contributed by atoms with E-state index in [4.69, 9.17) is 14.2 Å².